The van der Waals surface area contributed by atoms with Crippen LogP contribution in [0.5, 0.6) is 0 Å². The van der Waals surface area contributed by atoms with Crippen LogP contribution < -0.4 is 15.7 Å². The van der Waals surface area contributed by atoms with Gasteiger partial charge >= 0.3 is 11.3 Å². The molecule has 2 N–H and O–H groups in total. The molecule has 0 radical (unpaired) electrons. The zero-order chi connectivity index (χ0) is 19.3. The Bertz CT molecular complexity index is 1270. The molecule has 1 atom stereocenters. The van der Waals surface area contributed by atoms with E-state index in [0.29, 0.717) is 32.2 Å². The van der Waals surface area contributed by atoms with E-state index in [9.17, 15) is 14.7 Å². The van der Waals surface area contributed by atoms with Crippen LogP contribution >= 0.6 is 10.5 Å². The first kappa shape index (κ1) is 16.4. The molecule has 1 aromatic carbocycles. The van der Waals surface area contributed by atoms with Crippen molar-refractivity contribution in [3.05, 3.63) is 60.9 Å². The number of nitrogens with one attached hydrogen (secondary N) is 2. The number of amides is 2. The molecule has 0 bridgehead atoms. The summed E-state index contributed by atoms with van der Waals surface area (Å²) in [6, 6.07) is 14.6. The highest BCUT2D eigenvalue weighted by Gasteiger charge is 2.37. The van der Waals surface area contributed by atoms with Crippen LogP contribution in [0.1, 0.15) is 0 Å². The van der Waals surface area contributed by atoms with Gasteiger partial charge in [0, 0.05) is 12.4 Å². The van der Waals surface area contributed by atoms with Gasteiger partial charge in [0.1, 0.15) is 16.8 Å². The van der Waals surface area contributed by atoms with Crippen molar-refractivity contribution >= 4 is 43.4 Å². The predicted octanol–water partition coefficient (Wildman–Crippen LogP) is 3.86. The second-order valence-electron chi connectivity index (χ2n) is 6.17. The van der Waals surface area contributed by atoms with Crippen LogP contribution in [0.2, 0.25) is 0 Å². The maximum absolute atomic E-state index is 12.1. The van der Waals surface area contributed by atoms with Crippen molar-refractivity contribution in [1.82, 2.24) is 9.97 Å². The molecule has 0 saturated heterocycles. The van der Waals surface area contributed by atoms with E-state index in [0.717, 1.165) is 11.1 Å². The maximum Gasteiger partial charge on any atom is 0.323 e. The molecule has 1 aliphatic rings. The van der Waals surface area contributed by atoms with E-state index in [-0.39, 0.29) is 0 Å². The molecule has 3 aromatic heterocycles. The van der Waals surface area contributed by atoms with Gasteiger partial charge < -0.3 is 20.5 Å². The molecule has 7 nitrogen and oxygen atoms in total. The number of carbonyl (C=O) groups excluding carboxylic acids is 2. The van der Waals surface area contributed by atoms with E-state index < -0.39 is 21.8 Å². The van der Waals surface area contributed by atoms with Gasteiger partial charge in [0.15, 0.2) is 0 Å². The Hall–Kier alpha value is -3.78. The number of hydrogen-bond acceptors (Lipinski definition) is 5. The minimum atomic E-state index is -1.47. The number of rotatable bonds is 3. The summed E-state index contributed by atoms with van der Waals surface area (Å²) in [5, 5.41) is 16.8. The van der Waals surface area contributed by atoms with Crippen molar-refractivity contribution in [3.63, 3.8) is 0 Å². The van der Waals surface area contributed by atoms with Gasteiger partial charge in [-0.15, -0.1) is 0 Å². The fourth-order valence-corrected chi connectivity index (χ4v) is 5.18. The number of aromatic nitrogens is 2. The number of carboxylic acid groups (broad SMARTS) is 1. The molecule has 28 heavy (non-hydrogen) atoms. The fourth-order valence-electron chi connectivity index (χ4n) is 3.40. The summed E-state index contributed by atoms with van der Waals surface area (Å²) < 4.78 is 0. The van der Waals surface area contributed by atoms with E-state index >= 15 is 0 Å². The first-order chi connectivity index (χ1) is 13.6. The molecule has 8 heteroatoms. The van der Waals surface area contributed by atoms with Gasteiger partial charge in [-0.25, -0.2) is 9.78 Å². The third-order valence-corrected chi connectivity index (χ3v) is 6.39. The number of anilines is 2. The molecule has 1 unspecified atom stereocenters. The zero-order valence-electron chi connectivity index (χ0n) is 14.3. The average Bonchev–Trinajstić information content (AvgIpc) is 3.04. The highest BCUT2D eigenvalue weighted by Crippen LogP contribution is 2.52. The molecular weight excluding hydrogens is 376 g/mol. The molecule has 1 aliphatic heterocycles. The third-order valence-electron chi connectivity index (χ3n) is 4.54. The van der Waals surface area contributed by atoms with Gasteiger partial charge in [-0.3, -0.25) is 4.98 Å². The Kier molecular flexibility index (Phi) is 3.59. The minimum absolute atomic E-state index is 0.363. The monoisotopic (exact) mass is 388 g/mol. The lowest BCUT2D eigenvalue weighted by atomic mass is 10.1. The van der Waals surface area contributed by atoms with Gasteiger partial charge in [0.2, 0.25) is 4.88 Å². The average molecular weight is 388 g/mol. The topological polar surface area (TPSA) is 107 Å². The van der Waals surface area contributed by atoms with Crippen molar-refractivity contribution < 1.29 is 14.7 Å². The minimum Gasteiger partial charge on any atom is -0.500 e. The van der Waals surface area contributed by atoms with E-state index in [4.69, 9.17) is 0 Å². The number of nitrogens with zero attached hydrogens (tertiary/aromatic N) is 2. The number of thiophene rings is 1. The summed E-state index contributed by atoms with van der Waals surface area (Å²) in [5.74, 6) is 0. The lowest BCUT2D eigenvalue weighted by Crippen LogP contribution is -2.23. The van der Waals surface area contributed by atoms with Crippen LogP contribution in [-0.2, 0) is 0 Å². The standard InChI is InChI=1S/C20H12N4O3S/c25-19-23-13-7-9-22-18-15(13)16(24-19)17(28(18)20(26)27)14-10-12(6-8-21-14)11-4-2-1-3-5-11/h1-10H,(H2-,21,22,23,24,25,26,27). The van der Waals surface area contributed by atoms with Gasteiger partial charge in [-0.1, -0.05) is 30.3 Å². The van der Waals surface area contributed by atoms with E-state index in [1.807, 2.05) is 42.5 Å². The Morgan fingerprint density at radius 1 is 0.964 bits per heavy atom. The van der Waals surface area contributed by atoms with Crippen molar-refractivity contribution in [3.8, 4) is 21.7 Å². The maximum atomic E-state index is 12.1. The van der Waals surface area contributed by atoms with Crippen molar-refractivity contribution in [2.45, 2.75) is 0 Å². The van der Waals surface area contributed by atoms with Crippen molar-refractivity contribution in [2.24, 2.45) is 0 Å². The first-order valence-electron chi connectivity index (χ1n) is 8.42. The summed E-state index contributed by atoms with van der Waals surface area (Å²) >= 11 is 0. The smallest absolute Gasteiger partial charge is 0.323 e. The number of urea groups is 1. The van der Waals surface area contributed by atoms with Crippen LogP contribution in [0.4, 0.5) is 21.0 Å². The number of hydrogen-bond donors (Lipinski definition) is 2. The Morgan fingerprint density at radius 3 is 2.54 bits per heavy atom. The first-order valence-corrected chi connectivity index (χ1v) is 9.65. The lowest BCUT2D eigenvalue weighted by Gasteiger charge is -2.13. The second-order valence-corrected chi connectivity index (χ2v) is 7.91. The normalized spacial score (nSPS) is 13.1. The number of pyridine rings is 2. The molecule has 136 valence electrons. The van der Waals surface area contributed by atoms with Gasteiger partial charge in [-0.2, -0.15) is 0 Å². The molecule has 0 saturated carbocycles. The number of carbonyl (C=O) groups is 2. The molecule has 4 aromatic rings. The Labute approximate surface area is 161 Å². The van der Waals surface area contributed by atoms with Crippen LogP contribution in [0.3, 0.4) is 0 Å². The molecule has 0 aliphatic carbocycles. The van der Waals surface area contributed by atoms with Crippen molar-refractivity contribution in [2.75, 3.05) is 10.6 Å². The Morgan fingerprint density at radius 2 is 1.75 bits per heavy atom. The SMILES string of the molecule is O=C1Nc2ccnc3c2c(c(-c2cc(-c4ccccc4)ccn2)[s+]3C(=O)[O-])N1. The molecule has 4 heterocycles. The van der Waals surface area contributed by atoms with Crippen LogP contribution in [0.15, 0.2) is 60.9 Å². The zero-order valence-corrected chi connectivity index (χ0v) is 15.1. The van der Waals surface area contributed by atoms with Crippen LogP contribution in [0, 0.1) is 0 Å². The van der Waals surface area contributed by atoms with Gasteiger partial charge in [0.05, 0.1) is 16.2 Å². The fraction of sp³-hybridized carbons (Fsp3) is 0. The molecule has 5 rings (SSSR count). The molecular formula is C20H12N4O3S. The van der Waals surface area contributed by atoms with Crippen LogP contribution in [-0.4, -0.2) is 21.3 Å². The highest BCUT2D eigenvalue weighted by atomic mass is 32.2. The summed E-state index contributed by atoms with van der Waals surface area (Å²) in [5.41, 5.74) is 3.29. The largest absolute Gasteiger partial charge is 0.500 e. The Balaban J connectivity index is 1.82. The van der Waals surface area contributed by atoms with Crippen LogP contribution in [0.25, 0.3) is 31.9 Å². The van der Waals surface area contributed by atoms with Crippen molar-refractivity contribution in [1.29, 1.82) is 0 Å². The number of benzene rings is 1. The van der Waals surface area contributed by atoms with E-state index in [1.54, 1.807) is 12.3 Å². The second kappa shape index (κ2) is 6.14. The predicted molar refractivity (Wildman–Crippen MR) is 106 cm³/mol. The summed E-state index contributed by atoms with van der Waals surface area (Å²) in [7, 11) is -1.47. The summed E-state index contributed by atoms with van der Waals surface area (Å²) in [6.07, 6.45) is 3.11. The van der Waals surface area contributed by atoms with E-state index in [2.05, 4.69) is 20.6 Å². The highest BCUT2D eigenvalue weighted by molar-refractivity contribution is 7.57. The van der Waals surface area contributed by atoms with Gasteiger partial charge in [-0.05, 0) is 29.3 Å². The third kappa shape index (κ3) is 2.43. The molecule has 0 spiro atoms. The van der Waals surface area contributed by atoms with Gasteiger partial charge in [0.25, 0.3) is 4.83 Å². The summed E-state index contributed by atoms with van der Waals surface area (Å²) in [4.78, 5) is 33.6. The molecule has 2 amide bonds. The molecule has 0 fully saturated rings. The summed E-state index contributed by atoms with van der Waals surface area (Å²) in [6.45, 7) is 0. The quantitative estimate of drug-likeness (QED) is 0.518. The lowest BCUT2D eigenvalue weighted by molar-refractivity contribution is -0.233. The van der Waals surface area contributed by atoms with E-state index in [1.165, 1.54) is 6.20 Å².